The van der Waals surface area contributed by atoms with E-state index >= 15 is 0 Å². The SMILES string of the molecule is CCOc1ccc(/C=C(/C#N)C(=O)Nc2cc(C)ccc2C)cc1OCC. The highest BCUT2D eigenvalue weighted by Gasteiger charge is 2.12. The third-order valence-electron chi connectivity index (χ3n) is 3.88. The molecule has 1 amide bonds. The third kappa shape index (κ3) is 5.35. The summed E-state index contributed by atoms with van der Waals surface area (Å²) in [6.07, 6.45) is 1.54. The second-order valence-electron chi connectivity index (χ2n) is 6.01. The average molecular weight is 364 g/mol. The van der Waals surface area contributed by atoms with E-state index in [0.29, 0.717) is 36.0 Å². The molecule has 0 heterocycles. The summed E-state index contributed by atoms with van der Waals surface area (Å²) < 4.78 is 11.1. The number of hydrogen-bond acceptors (Lipinski definition) is 4. The number of nitrogens with one attached hydrogen (secondary N) is 1. The van der Waals surface area contributed by atoms with E-state index in [1.54, 1.807) is 24.3 Å². The Morgan fingerprint density at radius 1 is 1.07 bits per heavy atom. The van der Waals surface area contributed by atoms with Gasteiger partial charge in [0.2, 0.25) is 0 Å². The lowest BCUT2D eigenvalue weighted by atomic mass is 10.1. The number of carbonyl (C=O) groups is 1. The zero-order valence-corrected chi connectivity index (χ0v) is 16.1. The summed E-state index contributed by atoms with van der Waals surface area (Å²) >= 11 is 0. The minimum absolute atomic E-state index is 0.0162. The zero-order valence-electron chi connectivity index (χ0n) is 16.1. The summed E-state index contributed by atoms with van der Waals surface area (Å²) in [6, 6.07) is 13.1. The Labute approximate surface area is 160 Å². The molecule has 5 nitrogen and oxygen atoms in total. The van der Waals surface area contributed by atoms with Gasteiger partial charge in [0.1, 0.15) is 11.6 Å². The van der Waals surface area contributed by atoms with Crippen LogP contribution in [0.4, 0.5) is 5.69 Å². The highest BCUT2D eigenvalue weighted by Crippen LogP contribution is 2.29. The van der Waals surface area contributed by atoms with E-state index < -0.39 is 5.91 Å². The number of amides is 1. The first kappa shape index (κ1) is 20.1. The molecule has 0 aliphatic rings. The Balaban J connectivity index is 2.29. The summed E-state index contributed by atoms with van der Waals surface area (Å²) in [5.74, 6) is 0.771. The van der Waals surface area contributed by atoms with Gasteiger partial charge in [-0.1, -0.05) is 18.2 Å². The number of hydrogen-bond donors (Lipinski definition) is 1. The molecule has 0 radical (unpaired) electrons. The normalized spacial score (nSPS) is 10.9. The number of nitrogens with zero attached hydrogens (tertiary/aromatic N) is 1. The van der Waals surface area contributed by atoms with Crippen LogP contribution < -0.4 is 14.8 Å². The monoisotopic (exact) mass is 364 g/mol. The molecule has 1 N–H and O–H groups in total. The van der Waals surface area contributed by atoms with E-state index in [1.807, 2.05) is 52.0 Å². The van der Waals surface area contributed by atoms with Crippen molar-refractivity contribution in [1.82, 2.24) is 0 Å². The smallest absolute Gasteiger partial charge is 0.266 e. The lowest BCUT2D eigenvalue weighted by molar-refractivity contribution is -0.112. The first-order valence-corrected chi connectivity index (χ1v) is 8.88. The number of benzene rings is 2. The second kappa shape index (κ2) is 9.44. The minimum Gasteiger partial charge on any atom is -0.490 e. The minimum atomic E-state index is -0.446. The van der Waals surface area contributed by atoms with Crippen LogP contribution in [0.15, 0.2) is 42.0 Å². The van der Waals surface area contributed by atoms with E-state index in [4.69, 9.17) is 9.47 Å². The second-order valence-corrected chi connectivity index (χ2v) is 6.01. The van der Waals surface area contributed by atoms with Crippen molar-refractivity contribution in [3.8, 4) is 17.6 Å². The summed E-state index contributed by atoms with van der Waals surface area (Å²) in [6.45, 7) is 8.66. The van der Waals surface area contributed by atoms with Crippen LogP contribution in [0.1, 0.15) is 30.5 Å². The number of carbonyl (C=O) groups excluding carboxylic acids is 1. The fourth-order valence-corrected chi connectivity index (χ4v) is 2.53. The van der Waals surface area contributed by atoms with Gasteiger partial charge in [0, 0.05) is 5.69 Å². The molecule has 0 saturated heterocycles. The van der Waals surface area contributed by atoms with Crippen LogP contribution in [0.3, 0.4) is 0 Å². The maximum Gasteiger partial charge on any atom is 0.266 e. The molecule has 0 saturated carbocycles. The van der Waals surface area contributed by atoms with Crippen LogP contribution in [-0.4, -0.2) is 19.1 Å². The molecule has 27 heavy (non-hydrogen) atoms. The van der Waals surface area contributed by atoms with Crippen LogP contribution in [0.25, 0.3) is 6.08 Å². The Morgan fingerprint density at radius 2 is 1.78 bits per heavy atom. The molecule has 2 aromatic rings. The summed E-state index contributed by atoms with van der Waals surface area (Å²) in [7, 11) is 0. The molecular weight excluding hydrogens is 340 g/mol. The van der Waals surface area contributed by atoms with Gasteiger partial charge in [-0.3, -0.25) is 4.79 Å². The fourth-order valence-electron chi connectivity index (χ4n) is 2.53. The Morgan fingerprint density at radius 3 is 2.44 bits per heavy atom. The van der Waals surface area contributed by atoms with Crippen LogP contribution in [0.2, 0.25) is 0 Å². The van der Waals surface area contributed by atoms with Gasteiger partial charge in [0.25, 0.3) is 5.91 Å². The van der Waals surface area contributed by atoms with E-state index in [1.165, 1.54) is 0 Å². The first-order chi connectivity index (χ1) is 13.0. The topological polar surface area (TPSA) is 71.3 Å². The molecule has 0 aromatic heterocycles. The van der Waals surface area contributed by atoms with Crippen molar-refractivity contribution in [2.45, 2.75) is 27.7 Å². The van der Waals surface area contributed by atoms with Crippen LogP contribution in [0, 0.1) is 25.2 Å². The maximum absolute atomic E-state index is 12.5. The van der Waals surface area contributed by atoms with Gasteiger partial charge in [-0.15, -0.1) is 0 Å². The Bertz CT molecular complexity index is 895. The lowest BCUT2D eigenvalue weighted by Gasteiger charge is -2.12. The van der Waals surface area contributed by atoms with Crippen LogP contribution in [-0.2, 0) is 4.79 Å². The summed E-state index contributed by atoms with van der Waals surface area (Å²) in [4.78, 5) is 12.5. The highest BCUT2D eigenvalue weighted by molar-refractivity contribution is 6.10. The van der Waals surface area contributed by atoms with Gasteiger partial charge in [0.05, 0.1) is 13.2 Å². The van der Waals surface area contributed by atoms with Crippen molar-refractivity contribution in [2.24, 2.45) is 0 Å². The van der Waals surface area contributed by atoms with Crippen molar-refractivity contribution in [2.75, 3.05) is 18.5 Å². The van der Waals surface area contributed by atoms with Gasteiger partial charge in [-0.25, -0.2) is 0 Å². The van der Waals surface area contributed by atoms with E-state index in [-0.39, 0.29) is 5.57 Å². The van der Waals surface area contributed by atoms with Crippen molar-refractivity contribution in [3.05, 3.63) is 58.7 Å². The lowest BCUT2D eigenvalue weighted by Crippen LogP contribution is -2.14. The molecule has 140 valence electrons. The molecule has 0 atom stereocenters. The summed E-state index contributed by atoms with van der Waals surface area (Å²) in [5.41, 5.74) is 3.37. The molecule has 0 bridgehead atoms. The molecule has 2 rings (SSSR count). The Kier molecular flexibility index (Phi) is 7.01. The first-order valence-electron chi connectivity index (χ1n) is 8.88. The van der Waals surface area contributed by atoms with Gasteiger partial charge in [0.15, 0.2) is 11.5 Å². The molecule has 2 aromatic carbocycles. The molecule has 0 aliphatic carbocycles. The number of anilines is 1. The van der Waals surface area contributed by atoms with Crippen molar-refractivity contribution < 1.29 is 14.3 Å². The number of nitriles is 1. The standard InChI is InChI=1S/C22H24N2O3/c1-5-26-20-10-9-17(13-21(20)27-6-2)12-18(14-23)22(25)24-19-11-15(3)7-8-16(19)4/h7-13H,5-6H2,1-4H3,(H,24,25)/b18-12-. The van der Waals surface area contributed by atoms with Crippen LogP contribution >= 0.6 is 0 Å². The van der Waals surface area contributed by atoms with Gasteiger partial charge >= 0.3 is 0 Å². The maximum atomic E-state index is 12.5. The van der Waals surface area contributed by atoms with Gasteiger partial charge < -0.3 is 14.8 Å². The summed E-state index contributed by atoms with van der Waals surface area (Å²) in [5, 5.41) is 12.2. The molecule has 0 aliphatic heterocycles. The quantitative estimate of drug-likeness (QED) is 0.573. The molecule has 5 heteroatoms. The molecular formula is C22H24N2O3. The van der Waals surface area contributed by atoms with Crippen molar-refractivity contribution >= 4 is 17.7 Å². The zero-order chi connectivity index (χ0) is 19.8. The van der Waals surface area contributed by atoms with E-state index in [2.05, 4.69) is 5.32 Å². The third-order valence-corrected chi connectivity index (χ3v) is 3.88. The predicted molar refractivity (Wildman–Crippen MR) is 107 cm³/mol. The van der Waals surface area contributed by atoms with Gasteiger partial charge in [-0.2, -0.15) is 5.26 Å². The van der Waals surface area contributed by atoms with Gasteiger partial charge in [-0.05, 0) is 68.7 Å². The molecule has 0 spiro atoms. The number of rotatable bonds is 7. The highest BCUT2D eigenvalue weighted by atomic mass is 16.5. The largest absolute Gasteiger partial charge is 0.490 e. The van der Waals surface area contributed by atoms with Crippen molar-refractivity contribution in [3.63, 3.8) is 0 Å². The molecule has 0 fully saturated rings. The average Bonchev–Trinajstić information content (AvgIpc) is 2.65. The van der Waals surface area contributed by atoms with Crippen molar-refractivity contribution in [1.29, 1.82) is 5.26 Å². The van der Waals surface area contributed by atoms with Crippen LogP contribution in [0.5, 0.6) is 11.5 Å². The predicted octanol–water partition coefficient (Wildman–Crippen LogP) is 4.65. The fraction of sp³-hybridized carbons (Fsp3) is 0.273. The van der Waals surface area contributed by atoms with E-state index in [0.717, 1.165) is 11.1 Å². The van der Waals surface area contributed by atoms with E-state index in [9.17, 15) is 10.1 Å². The molecule has 0 unspecified atom stereocenters. The Hall–Kier alpha value is -3.26. The number of ether oxygens (including phenoxy) is 2. The number of aryl methyl sites for hydroxylation is 2.